The van der Waals surface area contributed by atoms with Crippen molar-refractivity contribution in [3.8, 4) is 0 Å². The monoisotopic (exact) mass is 175 g/mol. The summed E-state index contributed by atoms with van der Waals surface area (Å²) >= 11 is 0. The Balaban J connectivity index is 0.000000810. The van der Waals surface area contributed by atoms with Crippen LogP contribution in [-0.4, -0.2) is 0 Å². The van der Waals surface area contributed by atoms with Gasteiger partial charge in [0.1, 0.15) is 0 Å². The van der Waals surface area contributed by atoms with Crippen LogP contribution in [0.15, 0.2) is 30.3 Å². The Labute approximate surface area is 73.1 Å². The molecule has 0 aromatic heterocycles. The molecule has 0 fully saturated rings. The van der Waals surface area contributed by atoms with Crippen molar-refractivity contribution in [1.29, 1.82) is 0 Å². The summed E-state index contributed by atoms with van der Waals surface area (Å²) in [7, 11) is 0. The molecule has 1 aromatic carbocycles. The first-order valence-corrected chi connectivity index (χ1v) is 3.26. The molecule has 0 aliphatic rings. The van der Waals surface area contributed by atoms with Gasteiger partial charge < -0.3 is 6.92 Å². The minimum atomic E-state index is 0. The zero-order valence-electron chi connectivity index (χ0n) is 5.86. The van der Waals surface area contributed by atoms with E-state index in [9.17, 15) is 0 Å². The molecule has 0 bridgehead atoms. The summed E-state index contributed by atoms with van der Waals surface area (Å²) in [6.07, 6.45) is 2.09. The fourth-order valence-electron chi connectivity index (χ4n) is 0.849. The zero-order valence-corrected chi connectivity index (χ0v) is 6.97. The van der Waals surface area contributed by atoms with E-state index >= 15 is 0 Å². The van der Waals surface area contributed by atoms with E-state index in [0.717, 1.165) is 12.8 Å². The number of hydrogen-bond donors (Lipinski definition) is 0. The summed E-state index contributed by atoms with van der Waals surface area (Å²) in [5, 5.41) is 0. The van der Waals surface area contributed by atoms with E-state index in [2.05, 4.69) is 31.2 Å². The van der Waals surface area contributed by atoms with Gasteiger partial charge >= 0.3 is 0 Å². The Kier molecular flexibility index (Phi) is 5.37. The topological polar surface area (TPSA) is 0 Å². The third-order valence-corrected chi connectivity index (χ3v) is 1.31. The van der Waals surface area contributed by atoms with Gasteiger partial charge in [-0.25, -0.2) is 0 Å². The average Bonchev–Trinajstić information content (AvgIpc) is 1.91. The van der Waals surface area contributed by atoms with Crippen LogP contribution in [0.1, 0.15) is 12.0 Å². The van der Waals surface area contributed by atoms with Crippen molar-refractivity contribution in [2.24, 2.45) is 0 Å². The maximum absolute atomic E-state index is 3.78. The van der Waals surface area contributed by atoms with Crippen molar-refractivity contribution in [1.82, 2.24) is 0 Å². The van der Waals surface area contributed by atoms with Crippen LogP contribution < -0.4 is 0 Å². The molecule has 0 amide bonds. The minimum Gasteiger partial charge on any atom is -0.343 e. The molecule has 0 saturated heterocycles. The molecular formula is C9H11Fe-. The van der Waals surface area contributed by atoms with Crippen molar-refractivity contribution < 1.29 is 17.1 Å². The summed E-state index contributed by atoms with van der Waals surface area (Å²) in [5.74, 6) is 0. The van der Waals surface area contributed by atoms with E-state index in [1.807, 2.05) is 6.07 Å². The van der Waals surface area contributed by atoms with E-state index in [1.165, 1.54) is 5.56 Å². The smallest absolute Gasteiger partial charge is 0 e. The van der Waals surface area contributed by atoms with E-state index in [1.54, 1.807) is 0 Å². The first kappa shape index (κ1) is 9.74. The Morgan fingerprint density at radius 3 is 2.20 bits per heavy atom. The van der Waals surface area contributed by atoms with Gasteiger partial charge in [0.05, 0.1) is 0 Å². The molecule has 0 spiro atoms. The average molecular weight is 175 g/mol. The Morgan fingerprint density at radius 2 is 1.70 bits per heavy atom. The largest absolute Gasteiger partial charge is 0.343 e. The molecule has 0 unspecified atom stereocenters. The Morgan fingerprint density at radius 1 is 1.10 bits per heavy atom. The van der Waals surface area contributed by atoms with Crippen LogP contribution in [-0.2, 0) is 23.5 Å². The number of aryl methyl sites for hydroxylation is 1. The van der Waals surface area contributed by atoms with Crippen LogP contribution in [0.4, 0.5) is 0 Å². The third-order valence-electron chi connectivity index (χ3n) is 1.31. The molecule has 0 aliphatic heterocycles. The molecule has 1 rings (SSSR count). The third kappa shape index (κ3) is 3.05. The fraction of sp³-hybridized carbons (Fsp3) is 0.222. The molecule has 0 saturated carbocycles. The first-order chi connectivity index (χ1) is 4.43. The van der Waals surface area contributed by atoms with Crippen molar-refractivity contribution in [2.75, 3.05) is 0 Å². The second-order valence-electron chi connectivity index (χ2n) is 2.09. The van der Waals surface area contributed by atoms with Crippen molar-refractivity contribution in [2.45, 2.75) is 12.8 Å². The molecule has 0 radical (unpaired) electrons. The molecule has 1 aromatic rings. The number of benzene rings is 1. The fourth-order valence-corrected chi connectivity index (χ4v) is 0.849. The van der Waals surface area contributed by atoms with Crippen LogP contribution in [0.5, 0.6) is 0 Å². The standard InChI is InChI=1S/C9H11.Fe/c1-2-6-9-7-4-3-5-8-9;/h3-5,7-8H,1-2,6H2;/q-1;. The van der Waals surface area contributed by atoms with Gasteiger partial charge in [-0.1, -0.05) is 42.3 Å². The summed E-state index contributed by atoms with van der Waals surface area (Å²) in [6, 6.07) is 10.4. The molecular weight excluding hydrogens is 164 g/mol. The van der Waals surface area contributed by atoms with Gasteiger partial charge in [-0.15, -0.1) is 0 Å². The van der Waals surface area contributed by atoms with Gasteiger partial charge in [0.2, 0.25) is 0 Å². The van der Waals surface area contributed by atoms with Gasteiger partial charge in [-0.3, -0.25) is 0 Å². The second-order valence-corrected chi connectivity index (χ2v) is 2.09. The SMILES string of the molecule is [CH2-]CCc1ccccc1.[Fe]. The summed E-state index contributed by atoms with van der Waals surface area (Å²) in [5.41, 5.74) is 1.38. The molecule has 0 aliphatic carbocycles. The summed E-state index contributed by atoms with van der Waals surface area (Å²) in [4.78, 5) is 0. The van der Waals surface area contributed by atoms with E-state index in [0.29, 0.717) is 0 Å². The molecule has 56 valence electrons. The van der Waals surface area contributed by atoms with Gasteiger partial charge in [-0.05, 0) is 0 Å². The Hall–Kier alpha value is -0.261. The minimum absolute atomic E-state index is 0. The second kappa shape index (κ2) is 5.52. The molecule has 10 heavy (non-hydrogen) atoms. The molecule has 0 nitrogen and oxygen atoms in total. The molecule has 0 N–H and O–H groups in total. The summed E-state index contributed by atoms with van der Waals surface area (Å²) < 4.78 is 0. The summed E-state index contributed by atoms with van der Waals surface area (Å²) in [6.45, 7) is 3.78. The van der Waals surface area contributed by atoms with Crippen LogP contribution in [0.3, 0.4) is 0 Å². The van der Waals surface area contributed by atoms with Crippen molar-refractivity contribution >= 4 is 0 Å². The Bertz CT molecular complexity index is 158. The van der Waals surface area contributed by atoms with Gasteiger partial charge in [0.15, 0.2) is 0 Å². The van der Waals surface area contributed by atoms with Crippen LogP contribution >= 0.6 is 0 Å². The first-order valence-electron chi connectivity index (χ1n) is 3.26. The van der Waals surface area contributed by atoms with Gasteiger partial charge in [0.25, 0.3) is 0 Å². The van der Waals surface area contributed by atoms with Gasteiger partial charge in [0, 0.05) is 17.1 Å². The van der Waals surface area contributed by atoms with Crippen molar-refractivity contribution in [3.63, 3.8) is 0 Å². The number of hydrogen-bond acceptors (Lipinski definition) is 0. The van der Waals surface area contributed by atoms with Crippen LogP contribution in [0.25, 0.3) is 0 Å². The molecule has 0 atom stereocenters. The van der Waals surface area contributed by atoms with Crippen LogP contribution in [0, 0.1) is 6.92 Å². The van der Waals surface area contributed by atoms with Crippen LogP contribution in [0.2, 0.25) is 0 Å². The van der Waals surface area contributed by atoms with E-state index in [-0.39, 0.29) is 17.1 Å². The maximum atomic E-state index is 3.78. The van der Waals surface area contributed by atoms with Gasteiger partial charge in [-0.2, -0.15) is 6.42 Å². The van der Waals surface area contributed by atoms with E-state index < -0.39 is 0 Å². The zero-order chi connectivity index (χ0) is 6.53. The normalized spacial score (nSPS) is 8.50. The number of rotatable bonds is 2. The predicted octanol–water partition coefficient (Wildman–Crippen LogP) is 2.45. The quantitative estimate of drug-likeness (QED) is 0.478. The maximum Gasteiger partial charge on any atom is 0 e. The molecule has 0 heterocycles. The molecule has 1 heteroatoms. The van der Waals surface area contributed by atoms with Crippen molar-refractivity contribution in [3.05, 3.63) is 42.8 Å². The predicted molar refractivity (Wildman–Crippen MR) is 40.1 cm³/mol. The van der Waals surface area contributed by atoms with E-state index in [4.69, 9.17) is 0 Å².